The number of halogens is 1. The Hall–Kier alpha value is -2.48. The van der Waals surface area contributed by atoms with Crippen LogP contribution in [0, 0.1) is 0 Å². The van der Waals surface area contributed by atoms with Gasteiger partial charge in [0.25, 0.3) is 5.91 Å². The van der Waals surface area contributed by atoms with Crippen LogP contribution in [0.2, 0.25) is 5.02 Å². The summed E-state index contributed by atoms with van der Waals surface area (Å²) in [6, 6.07) is 16.1. The highest BCUT2D eigenvalue weighted by Gasteiger charge is 2.14. The summed E-state index contributed by atoms with van der Waals surface area (Å²) in [6.45, 7) is -0.0649. The molecule has 0 aliphatic heterocycles. The number of nitrogens with one attached hydrogen (secondary N) is 1. The molecule has 3 rings (SSSR count). The number of aromatic nitrogens is 1. The Morgan fingerprint density at radius 2 is 1.81 bits per heavy atom. The van der Waals surface area contributed by atoms with Gasteiger partial charge in [0.05, 0.1) is 22.5 Å². The number of fused-ring (bicyclic) bond motifs is 1. The lowest BCUT2D eigenvalue weighted by molar-refractivity contribution is 0.0957. The summed E-state index contributed by atoms with van der Waals surface area (Å²) in [4.78, 5) is 17.2. The smallest absolute Gasteiger partial charge is 0.252 e. The Morgan fingerprint density at radius 3 is 2.50 bits per heavy atom. The Bertz CT molecular complexity index is 1070. The third kappa shape index (κ3) is 4.37. The fourth-order valence-corrected chi connectivity index (χ4v) is 3.05. The largest absolute Gasteiger partial charge is 0.351 e. The van der Waals surface area contributed by atoms with E-state index in [2.05, 4.69) is 10.3 Å². The molecule has 0 saturated carbocycles. The molecule has 1 heterocycles. The first-order chi connectivity index (χ1) is 12.3. The second kappa shape index (κ2) is 7.41. The van der Waals surface area contributed by atoms with Crippen molar-refractivity contribution < 1.29 is 13.2 Å². The molecule has 0 fully saturated rings. The van der Waals surface area contributed by atoms with Crippen molar-refractivity contribution in [3.63, 3.8) is 0 Å². The zero-order valence-corrected chi connectivity index (χ0v) is 15.2. The lowest BCUT2D eigenvalue weighted by Gasteiger charge is -2.10. The second-order valence-corrected chi connectivity index (χ2v) is 7.87. The fraction of sp³-hybridized carbons (Fsp3) is 0.111. The number of benzene rings is 2. The monoisotopic (exact) mass is 389 g/mol. The van der Waals surface area contributed by atoms with Crippen molar-refractivity contribution in [1.29, 1.82) is 0 Å². The summed E-state index contributed by atoms with van der Waals surface area (Å²) in [7, 11) is -3.64. The molecule has 0 spiro atoms. The number of para-hydroxylation sites is 1. The summed E-state index contributed by atoms with van der Waals surface area (Å²) in [5.74, 6) is -0.714. The Kier molecular flexibility index (Phi) is 5.22. The van der Waals surface area contributed by atoms with Gasteiger partial charge in [-0.3, -0.25) is 4.79 Å². The minimum Gasteiger partial charge on any atom is -0.351 e. The zero-order valence-electron chi connectivity index (χ0n) is 13.6. The van der Waals surface area contributed by atoms with Gasteiger partial charge in [0, 0.05) is 22.5 Å². The van der Waals surface area contributed by atoms with Crippen molar-refractivity contribution in [3.05, 3.63) is 65.2 Å². The Morgan fingerprint density at radius 1 is 1.12 bits per heavy atom. The maximum absolute atomic E-state index is 12.6. The number of hydrogen-bond acceptors (Lipinski definition) is 4. The van der Waals surface area contributed by atoms with Gasteiger partial charge in [-0.05, 0) is 24.3 Å². The molecule has 6 nitrogen and oxygen atoms in total. The van der Waals surface area contributed by atoms with E-state index in [1.165, 1.54) is 0 Å². The van der Waals surface area contributed by atoms with Gasteiger partial charge in [-0.2, -0.15) is 0 Å². The lowest BCUT2D eigenvalue weighted by atomic mass is 10.0. The Balaban J connectivity index is 2.00. The number of rotatable bonds is 5. The molecule has 0 atom stereocenters. The van der Waals surface area contributed by atoms with Crippen LogP contribution in [0.25, 0.3) is 22.2 Å². The first-order valence-electron chi connectivity index (χ1n) is 7.78. The fourth-order valence-electron chi connectivity index (χ4n) is 2.53. The van der Waals surface area contributed by atoms with E-state index in [0.29, 0.717) is 27.2 Å². The SMILES string of the molecule is NS(=O)(=O)CCNC(=O)c1cc(-c2ccc(Cl)cc2)nc2ccccc12. The molecule has 3 N–H and O–H groups in total. The molecule has 134 valence electrons. The third-order valence-corrected chi connectivity index (χ3v) is 4.80. The average Bonchev–Trinajstić information content (AvgIpc) is 2.60. The number of nitrogens with zero attached hydrogens (tertiary/aromatic N) is 1. The molecule has 2 aromatic carbocycles. The predicted molar refractivity (Wildman–Crippen MR) is 102 cm³/mol. The van der Waals surface area contributed by atoms with E-state index < -0.39 is 10.0 Å². The van der Waals surface area contributed by atoms with Gasteiger partial charge in [0.15, 0.2) is 0 Å². The van der Waals surface area contributed by atoms with Crippen molar-refractivity contribution in [2.75, 3.05) is 12.3 Å². The molecule has 26 heavy (non-hydrogen) atoms. The van der Waals surface area contributed by atoms with Crippen molar-refractivity contribution in [1.82, 2.24) is 10.3 Å². The van der Waals surface area contributed by atoms with E-state index in [9.17, 15) is 13.2 Å². The molecule has 0 radical (unpaired) electrons. The van der Waals surface area contributed by atoms with Crippen LogP contribution in [0.15, 0.2) is 54.6 Å². The third-order valence-electron chi connectivity index (χ3n) is 3.77. The van der Waals surface area contributed by atoms with E-state index in [1.807, 2.05) is 30.3 Å². The molecule has 0 saturated heterocycles. The van der Waals surface area contributed by atoms with Gasteiger partial charge in [-0.15, -0.1) is 0 Å². The van der Waals surface area contributed by atoms with Gasteiger partial charge >= 0.3 is 0 Å². The maximum Gasteiger partial charge on any atom is 0.252 e. The van der Waals surface area contributed by atoms with Crippen molar-refractivity contribution in [3.8, 4) is 11.3 Å². The summed E-state index contributed by atoms with van der Waals surface area (Å²) >= 11 is 5.93. The number of primary sulfonamides is 1. The topological polar surface area (TPSA) is 102 Å². The van der Waals surface area contributed by atoms with Crippen molar-refractivity contribution in [2.45, 2.75) is 0 Å². The standard InChI is InChI=1S/C18H16ClN3O3S/c19-13-7-5-12(6-8-13)17-11-15(14-3-1-2-4-16(14)22-17)18(23)21-9-10-26(20,24)25/h1-8,11H,9-10H2,(H,21,23)(H2,20,24,25). The van der Waals surface area contributed by atoms with Gasteiger partial charge in [0.1, 0.15) is 0 Å². The van der Waals surface area contributed by atoms with Crippen LogP contribution in [0.3, 0.4) is 0 Å². The maximum atomic E-state index is 12.6. The molecular formula is C18H16ClN3O3S. The molecular weight excluding hydrogens is 374 g/mol. The van der Waals surface area contributed by atoms with Crippen LogP contribution < -0.4 is 10.5 Å². The minimum absolute atomic E-state index is 0.0649. The highest BCUT2D eigenvalue weighted by molar-refractivity contribution is 7.89. The van der Waals surface area contributed by atoms with Crippen LogP contribution in [-0.2, 0) is 10.0 Å². The van der Waals surface area contributed by atoms with Crippen LogP contribution in [0.1, 0.15) is 10.4 Å². The van der Waals surface area contributed by atoms with E-state index in [1.54, 1.807) is 24.3 Å². The minimum atomic E-state index is -3.64. The summed E-state index contributed by atoms with van der Waals surface area (Å²) in [6.07, 6.45) is 0. The molecule has 8 heteroatoms. The van der Waals surface area contributed by atoms with Crippen molar-refractivity contribution >= 4 is 38.4 Å². The average molecular weight is 390 g/mol. The van der Waals surface area contributed by atoms with Gasteiger partial charge in [0.2, 0.25) is 10.0 Å². The van der Waals surface area contributed by atoms with Crippen LogP contribution >= 0.6 is 11.6 Å². The van der Waals surface area contributed by atoms with Crippen molar-refractivity contribution in [2.24, 2.45) is 5.14 Å². The van der Waals surface area contributed by atoms with E-state index >= 15 is 0 Å². The number of carbonyl (C=O) groups is 1. The molecule has 3 aromatic rings. The number of amides is 1. The van der Waals surface area contributed by atoms with Gasteiger partial charge in [-0.1, -0.05) is 41.9 Å². The number of hydrogen-bond donors (Lipinski definition) is 2. The molecule has 0 aliphatic rings. The Labute approximate surface area is 156 Å². The normalized spacial score (nSPS) is 11.5. The highest BCUT2D eigenvalue weighted by Crippen LogP contribution is 2.25. The summed E-state index contributed by atoms with van der Waals surface area (Å²) < 4.78 is 22.1. The summed E-state index contributed by atoms with van der Waals surface area (Å²) in [5.41, 5.74) is 2.52. The van der Waals surface area contributed by atoms with Crippen LogP contribution in [-0.4, -0.2) is 31.6 Å². The summed E-state index contributed by atoms with van der Waals surface area (Å²) in [5, 5.41) is 8.84. The first-order valence-corrected chi connectivity index (χ1v) is 9.87. The molecule has 1 amide bonds. The number of pyridine rings is 1. The van der Waals surface area contributed by atoms with E-state index in [-0.39, 0.29) is 18.2 Å². The lowest BCUT2D eigenvalue weighted by Crippen LogP contribution is -2.31. The predicted octanol–water partition coefficient (Wildman–Crippen LogP) is 2.57. The first kappa shape index (κ1) is 18.3. The second-order valence-electron chi connectivity index (χ2n) is 5.70. The number of sulfonamides is 1. The number of nitrogens with two attached hydrogens (primary N) is 1. The highest BCUT2D eigenvalue weighted by atomic mass is 35.5. The molecule has 0 bridgehead atoms. The van der Waals surface area contributed by atoms with Crippen LogP contribution in [0.4, 0.5) is 0 Å². The molecule has 1 aromatic heterocycles. The van der Waals surface area contributed by atoms with E-state index in [0.717, 1.165) is 5.56 Å². The van der Waals surface area contributed by atoms with Crippen LogP contribution in [0.5, 0.6) is 0 Å². The quantitative estimate of drug-likeness (QED) is 0.700. The van der Waals surface area contributed by atoms with E-state index in [4.69, 9.17) is 16.7 Å². The van der Waals surface area contributed by atoms with Gasteiger partial charge < -0.3 is 5.32 Å². The molecule has 0 unspecified atom stereocenters. The number of carbonyl (C=O) groups excluding carboxylic acids is 1. The zero-order chi connectivity index (χ0) is 18.7. The van der Waals surface area contributed by atoms with Gasteiger partial charge in [-0.25, -0.2) is 18.5 Å². The molecule has 0 aliphatic carbocycles.